The minimum absolute atomic E-state index is 0.0523. The molecule has 2 saturated heterocycles. The second kappa shape index (κ2) is 10.4. The van der Waals surface area contributed by atoms with Gasteiger partial charge in [0, 0.05) is 31.7 Å². The summed E-state index contributed by atoms with van der Waals surface area (Å²) in [6, 6.07) is 11.4. The maximum atomic E-state index is 13.3. The molecule has 2 aliphatic heterocycles. The molecule has 2 aromatic carbocycles. The van der Waals surface area contributed by atoms with Gasteiger partial charge in [-0.1, -0.05) is 29.8 Å². The number of nitrogens with zero attached hydrogens (tertiary/aromatic N) is 2. The first kappa shape index (κ1) is 24.6. The number of benzene rings is 2. The minimum atomic E-state index is -0.775. The van der Waals surface area contributed by atoms with Gasteiger partial charge in [0.2, 0.25) is 0 Å². The van der Waals surface area contributed by atoms with Gasteiger partial charge in [0.25, 0.3) is 11.7 Å². The number of carbonyl (C=O) groups is 3. The molecule has 1 atom stereocenters. The quantitative estimate of drug-likeness (QED) is 0.295. The molecule has 184 valence electrons. The van der Waals surface area contributed by atoms with Crippen molar-refractivity contribution in [2.45, 2.75) is 19.9 Å². The van der Waals surface area contributed by atoms with Crippen LogP contribution in [0.25, 0.3) is 5.76 Å². The van der Waals surface area contributed by atoms with Crippen molar-refractivity contribution in [2.75, 3.05) is 46.5 Å². The summed E-state index contributed by atoms with van der Waals surface area (Å²) in [5.41, 5.74) is 3.29. The number of aliphatic hydroxyl groups excluding tert-OH is 1. The number of ether oxygens (including phenoxy) is 2. The Bertz CT molecular complexity index is 1160. The van der Waals surface area contributed by atoms with E-state index in [1.807, 2.05) is 32.0 Å². The van der Waals surface area contributed by atoms with Crippen LogP contribution in [0.5, 0.6) is 0 Å². The van der Waals surface area contributed by atoms with Crippen molar-refractivity contribution < 1.29 is 29.0 Å². The number of aliphatic hydroxyl groups is 1. The predicted octanol–water partition coefficient (Wildman–Crippen LogP) is 2.84. The third-order valence-electron chi connectivity index (χ3n) is 6.60. The number of Topliss-reactive ketones (excluding diaryl/α,β-unsaturated/α-hetero) is 1. The predicted molar refractivity (Wildman–Crippen MR) is 130 cm³/mol. The van der Waals surface area contributed by atoms with Crippen LogP contribution in [0.3, 0.4) is 0 Å². The van der Waals surface area contributed by atoms with E-state index in [0.29, 0.717) is 43.0 Å². The Kier molecular flexibility index (Phi) is 7.33. The van der Waals surface area contributed by atoms with Crippen LogP contribution < -0.4 is 0 Å². The highest BCUT2D eigenvalue weighted by molar-refractivity contribution is 6.46. The number of esters is 1. The second-order valence-corrected chi connectivity index (χ2v) is 8.88. The number of amides is 1. The Morgan fingerprint density at radius 1 is 1.06 bits per heavy atom. The largest absolute Gasteiger partial charge is 0.507 e. The van der Waals surface area contributed by atoms with Crippen molar-refractivity contribution in [1.29, 1.82) is 0 Å². The molecule has 0 spiro atoms. The van der Waals surface area contributed by atoms with E-state index >= 15 is 0 Å². The molecule has 35 heavy (non-hydrogen) atoms. The number of rotatable bonds is 6. The number of ketones is 1. The maximum absolute atomic E-state index is 13.3. The number of hydrogen-bond donors (Lipinski definition) is 1. The highest BCUT2D eigenvalue weighted by Gasteiger charge is 2.46. The summed E-state index contributed by atoms with van der Waals surface area (Å²) >= 11 is 0. The fourth-order valence-electron chi connectivity index (χ4n) is 4.59. The summed E-state index contributed by atoms with van der Waals surface area (Å²) in [5, 5.41) is 11.3. The number of methoxy groups -OCH3 is 1. The number of likely N-dealkylation sites (tertiary alicyclic amines) is 1. The third-order valence-corrected chi connectivity index (χ3v) is 6.60. The van der Waals surface area contributed by atoms with E-state index < -0.39 is 23.7 Å². The van der Waals surface area contributed by atoms with Crippen LogP contribution in [0, 0.1) is 13.8 Å². The molecule has 1 amide bonds. The number of aryl methyl sites for hydroxylation is 2. The molecule has 2 aliphatic rings. The smallest absolute Gasteiger partial charge is 0.337 e. The fraction of sp³-hybridized carbons (Fsp3) is 0.370. The van der Waals surface area contributed by atoms with E-state index in [2.05, 4.69) is 4.90 Å². The molecule has 2 heterocycles. The molecule has 1 unspecified atom stereocenters. The summed E-state index contributed by atoms with van der Waals surface area (Å²) in [5.74, 6) is -2.03. The molecule has 2 aromatic rings. The third kappa shape index (κ3) is 4.99. The monoisotopic (exact) mass is 478 g/mol. The van der Waals surface area contributed by atoms with Crippen LogP contribution in [0.2, 0.25) is 0 Å². The molecule has 0 aromatic heterocycles. The highest BCUT2D eigenvalue weighted by Crippen LogP contribution is 2.40. The summed E-state index contributed by atoms with van der Waals surface area (Å²) in [4.78, 5) is 42.1. The first-order valence-electron chi connectivity index (χ1n) is 11.7. The zero-order valence-corrected chi connectivity index (χ0v) is 20.2. The van der Waals surface area contributed by atoms with Crippen LogP contribution in [-0.4, -0.2) is 79.1 Å². The van der Waals surface area contributed by atoms with Crippen molar-refractivity contribution in [2.24, 2.45) is 0 Å². The molecule has 8 heteroatoms. The Morgan fingerprint density at radius 2 is 1.74 bits per heavy atom. The van der Waals surface area contributed by atoms with Crippen molar-refractivity contribution in [3.63, 3.8) is 0 Å². The molecule has 1 N–H and O–H groups in total. The fourth-order valence-corrected chi connectivity index (χ4v) is 4.59. The van der Waals surface area contributed by atoms with Crippen molar-refractivity contribution in [3.05, 3.63) is 75.9 Å². The van der Waals surface area contributed by atoms with Gasteiger partial charge in [-0.3, -0.25) is 14.5 Å². The zero-order chi connectivity index (χ0) is 25.1. The van der Waals surface area contributed by atoms with Crippen molar-refractivity contribution >= 4 is 23.4 Å². The summed E-state index contributed by atoms with van der Waals surface area (Å²) in [7, 11) is 1.31. The van der Waals surface area contributed by atoms with Crippen molar-refractivity contribution in [3.8, 4) is 0 Å². The zero-order valence-electron chi connectivity index (χ0n) is 20.2. The minimum Gasteiger partial charge on any atom is -0.507 e. The first-order chi connectivity index (χ1) is 16.8. The molecule has 0 radical (unpaired) electrons. The maximum Gasteiger partial charge on any atom is 0.337 e. The number of carbonyl (C=O) groups excluding carboxylic acids is 3. The van der Waals surface area contributed by atoms with Gasteiger partial charge in [0.15, 0.2) is 0 Å². The molecule has 0 saturated carbocycles. The van der Waals surface area contributed by atoms with Crippen LogP contribution in [0.15, 0.2) is 48.0 Å². The van der Waals surface area contributed by atoms with Gasteiger partial charge in [-0.25, -0.2) is 4.79 Å². The van der Waals surface area contributed by atoms with Crippen molar-refractivity contribution in [1.82, 2.24) is 9.80 Å². The van der Waals surface area contributed by atoms with Crippen LogP contribution in [0.1, 0.15) is 38.7 Å². The Balaban J connectivity index is 1.77. The standard InChI is InChI=1S/C27H30N2O6/c1-17-4-5-18(2)21(16-17)24(30)22-23(19-6-8-20(9-7-19)27(33)34-3)29(26(32)25(22)31)11-10-28-12-14-35-15-13-28/h4-9,16,23,30H,10-15H2,1-3H3. The van der Waals surface area contributed by atoms with Gasteiger partial charge >= 0.3 is 5.97 Å². The Morgan fingerprint density at radius 3 is 2.40 bits per heavy atom. The summed E-state index contributed by atoms with van der Waals surface area (Å²) in [6.45, 7) is 7.42. The topological polar surface area (TPSA) is 96.4 Å². The Hall–Kier alpha value is -3.49. The van der Waals surface area contributed by atoms with Gasteiger partial charge in [0.1, 0.15) is 5.76 Å². The molecule has 8 nitrogen and oxygen atoms in total. The van der Waals surface area contributed by atoms with Gasteiger partial charge < -0.3 is 19.5 Å². The first-order valence-corrected chi connectivity index (χ1v) is 11.7. The second-order valence-electron chi connectivity index (χ2n) is 8.88. The summed E-state index contributed by atoms with van der Waals surface area (Å²) in [6.07, 6.45) is 0. The lowest BCUT2D eigenvalue weighted by Crippen LogP contribution is -2.42. The lowest BCUT2D eigenvalue weighted by molar-refractivity contribution is -0.140. The SMILES string of the molecule is COC(=O)c1ccc(C2C(=C(O)c3cc(C)ccc3C)C(=O)C(=O)N2CCN2CCOCC2)cc1. The van der Waals surface area contributed by atoms with E-state index in [1.54, 1.807) is 24.3 Å². The number of morpholine rings is 1. The highest BCUT2D eigenvalue weighted by atomic mass is 16.5. The average Bonchev–Trinajstić information content (AvgIpc) is 3.13. The van der Waals surface area contributed by atoms with Crippen LogP contribution in [0.4, 0.5) is 0 Å². The Labute approximate surface area is 204 Å². The lowest BCUT2D eigenvalue weighted by Gasteiger charge is -2.31. The molecule has 4 rings (SSSR count). The van der Waals surface area contributed by atoms with Gasteiger partial charge in [-0.2, -0.15) is 0 Å². The molecular formula is C27H30N2O6. The number of hydrogen-bond acceptors (Lipinski definition) is 7. The van der Waals surface area contributed by atoms with E-state index in [9.17, 15) is 19.5 Å². The van der Waals surface area contributed by atoms with Crippen LogP contribution in [-0.2, 0) is 19.1 Å². The molecule has 0 bridgehead atoms. The molecule has 2 fully saturated rings. The molecular weight excluding hydrogens is 448 g/mol. The van der Waals surface area contributed by atoms with E-state index in [0.717, 1.165) is 24.2 Å². The average molecular weight is 479 g/mol. The lowest BCUT2D eigenvalue weighted by atomic mass is 9.93. The normalized spacial score (nSPS) is 20.3. The summed E-state index contributed by atoms with van der Waals surface area (Å²) < 4.78 is 10.2. The van der Waals surface area contributed by atoms with Gasteiger partial charge in [-0.05, 0) is 43.2 Å². The molecule has 0 aliphatic carbocycles. The van der Waals surface area contributed by atoms with E-state index in [-0.39, 0.29) is 11.3 Å². The van der Waals surface area contributed by atoms with Gasteiger partial charge in [-0.15, -0.1) is 0 Å². The van der Waals surface area contributed by atoms with E-state index in [4.69, 9.17) is 9.47 Å². The van der Waals surface area contributed by atoms with E-state index in [1.165, 1.54) is 12.0 Å². The van der Waals surface area contributed by atoms with Gasteiger partial charge in [0.05, 0.1) is 37.5 Å². The van der Waals surface area contributed by atoms with Crippen LogP contribution >= 0.6 is 0 Å².